The molecule has 0 aliphatic carbocycles. The number of aromatic nitrogens is 1. The van der Waals surface area contributed by atoms with Crippen LogP contribution < -0.4 is 9.47 Å². The smallest absolute Gasteiger partial charge is 0.226 e. The quantitative estimate of drug-likeness (QED) is 0.493. The Hall–Kier alpha value is -3.15. The number of phenolic OH excluding ortho intramolecular Hbond substituents is 2. The predicted octanol–water partition coefficient (Wildman–Crippen LogP) is 6.34. The second kappa shape index (κ2) is 8.08. The molecule has 0 spiro atoms. The summed E-state index contributed by atoms with van der Waals surface area (Å²) in [6, 6.07) is 7.28. The molecule has 0 aliphatic rings. The molecule has 0 fully saturated rings. The molecule has 0 unspecified atom stereocenters. The Morgan fingerprint density at radius 3 is 1.62 bits per heavy atom. The van der Waals surface area contributed by atoms with Gasteiger partial charge in [0.25, 0.3) is 0 Å². The average Bonchev–Trinajstić information content (AvgIpc) is 3.08. The van der Waals surface area contributed by atoms with E-state index in [-0.39, 0.29) is 28.1 Å². The van der Waals surface area contributed by atoms with E-state index in [9.17, 15) is 10.2 Å². The zero-order chi connectivity index (χ0) is 24.0. The van der Waals surface area contributed by atoms with Crippen molar-refractivity contribution in [3.8, 4) is 45.7 Å². The maximum atomic E-state index is 11.0. The fourth-order valence-corrected chi connectivity index (χ4v) is 3.72. The summed E-state index contributed by atoms with van der Waals surface area (Å²) >= 11 is 0. The van der Waals surface area contributed by atoms with Gasteiger partial charge in [0.1, 0.15) is 17.2 Å². The first kappa shape index (κ1) is 23.5. The summed E-state index contributed by atoms with van der Waals surface area (Å²) in [6.45, 7) is 14.3. The zero-order valence-electron chi connectivity index (χ0n) is 20.4. The van der Waals surface area contributed by atoms with E-state index in [1.54, 1.807) is 12.1 Å². The summed E-state index contributed by atoms with van der Waals surface area (Å²) in [6.07, 6.45) is 0. The predicted molar refractivity (Wildman–Crippen MR) is 126 cm³/mol. The summed E-state index contributed by atoms with van der Waals surface area (Å²) in [4.78, 5) is 4.77. The summed E-state index contributed by atoms with van der Waals surface area (Å²) in [5, 5.41) is 21.2. The lowest BCUT2D eigenvalue weighted by molar-refractivity contribution is 0.340. The largest absolute Gasteiger partial charge is 0.507 e. The van der Waals surface area contributed by atoms with E-state index in [4.69, 9.17) is 18.9 Å². The van der Waals surface area contributed by atoms with Crippen molar-refractivity contribution in [2.45, 2.75) is 59.3 Å². The molecule has 6 heteroatoms. The summed E-state index contributed by atoms with van der Waals surface area (Å²) in [5.74, 6) is 1.90. The van der Waals surface area contributed by atoms with Crippen molar-refractivity contribution in [1.29, 1.82) is 0 Å². The van der Waals surface area contributed by atoms with Crippen LogP contribution in [0.4, 0.5) is 0 Å². The van der Waals surface area contributed by atoms with Gasteiger partial charge in [-0.1, -0.05) is 41.5 Å². The maximum absolute atomic E-state index is 11.0. The van der Waals surface area contributed by atoms with Crippen LogP contribution in [0, 0.1) is 6.92 Å². The van der Waals surface area contributed by atoms with Crippen LogP contribution >= 0.6 is 0 Å². The first-order chi connectivity index (χ1) is 14.8. The number of ether oxygens (including phenoxy) is 2. The van der Waals surface area contributed by atoms with Crippen molar-refractivity contribution < 1.29 is 24.1 Å². The van der Waals surface area contributed by atoms with Gasteiger partial charge in [0.2, 0.25) is 11.6 Å². The molecule has 3 aromatic rings. The minimum absolute atomic E-state index is 0.0664. The van der Waals surface area contributed by atoms with Crippen LogP contribution in [-0.4, -0.2) is 29.4 Å². The molecule has 0 saturated carbocycles. The van der Waals surface area contributed by atoms with Crippen LogP contribution in [0.15, 0.2) is 28.7 Å². The Morgan fingerprint density at radius 2 is 1.22 bits per heavy atom. The van der Waals surface area contributed by atoms with Gasteiger partial charge < -0.3 is 24.1 Å². The molecule has 0 bridgehead atoms. The number of hydrogen-bond acceptors (Lipinski definition) is 6. The number of nitrogens with zero attached hydrogens (tertiary/aromatic N) is 1. The molecule has 0 radical (unpaired) electrons. The number of rotatable bonds is 4. The van der Waals surface area contributed by atoms with Crippen molar-refractivity contribution in [2.75, 3.05) is 14.2 Å². The lowest BCUT2D eigenvalue weighted by Crippen LogP contribution is -2.17. The van der Waals surface area contributed by atoms with Gasteiger partial charge in [-0.2, -0.15) is 0 Å². The summed E-state index contributed by atoms with van der Waals surface area (Å²) < 4.78 is 16.6. The highest BCUT2D eigenvalue weighted by Crippen LogP contribution is 2.44. The molecule has 2 aromatic carbocycles. The third-order valence-electron chi connectivity index (χ3n) is 5.52. The Kier molecular flexibility index (Phi) is 5.94. The Balaban J connectivity index is 2.22. The van der Waals surface area contributed by atoms with Crippen LogP contribution in [0.2, 0.25) is 0 Å². The number of phenols is 2. The molecule has 1 heterocycles. The van der Waals surface area contributed by atoms with E-state index in [1.165, 1.54) is 14.2 Å². The Bertz CT molecular complexity index is 1090. The SMILES string of the molecule is COc1cc(-c2nc(-c3cc(C(C)(C)C)c(O)c(C(C)(C)C)c3)oc2C)cc(OC)c1O. The fraction of sp³-hybridized carbons (Fsp3) is 0.423. The molecular weight excluding hydrogens is 406 g/mol. The van der Waals surface area contributed by atoms with E-state index < -0.39 is 0 Å². The maximum Gasteiger partial charge on any atom is 0.226 e. The molecule has 0 saturated heterocycles. The molecule has 172 valence electrons. The molecule has 1 aromatic heterocycles. The van der Waals surface area contributed by atoms with Crippen molar-refractivity contribution in [3.63, 3.8) is 0 Å². The number of benzene rings is 2. The highest BCUT2D eigenvalue weighted by Gasteiger charge is 2.28. The minimum atomic E-state index is -0.262. The van der Waals surface area contributed by atoms with Gasteiger partial charge in [0.15, 0.2) is 11.5 Å². The zero-order valence-corrected chi connectivity index (χ0v) is 20.4. The van der Waals surface area contributed by atoms with Crippen molar-refractivity contribution in [1.82, 2.24) is 4.98 Å². The van der Waals surface area contributed by atoms with Crippen LogP contribution in [0.1, 0.15) is 58.4 Å². The van der Waals surface area contributed by atoms with Crippen molar-refractivity contribution >= 4 is 0 Å². The Morgan fingerprint density at radius 1 is 0.750 bits per heavy atom. The van der Waals surface area contributed by atoms with Gasteiger partial charge in [-0.25, -0.2) is 4.98 Å². The van der Waals surface area contributed by atoms with Crippen molar-refractivity contribution in [2.24, 2.45) is 0 Å². The van der Waals surface area contributed by atoms with Gasteiger partial charge in [-0.3, -0.25) is 0 Å². The molecule has 32 heavy (non-hydrogen) atoms. The van der Waals surface area contributed by atoms with Gasteiger partial charge >= 0.3 is 0 Å². The molecule has 0 atom stereocenters. The third kappa shape index (κ3) is 4.27. The van der Waals surface area contributed by atoms with Gasteiger partial charge in [0, 0.05) is 22.3 Å². The van der Waals surface area contributed by atoms with E-state index in [0.717, 1.165) is 16.7 Å². The molecule has 2 N–H and O–H groups in total. The number of aryl methyl sites for hydroxylation is 1. The second-order valence-corrected chi connectivity index (χ2v) is 10.1. The van der Waals surface area contributed by atoms with Gasteiger partial charge in [0.05, 0.1) is 14.2 Å². The number of oxazole rings is 1. The molecular formula is C26H33NO5. The second-order valence-electron chi connectivity index (χ2n) is 10.1. The fourth-order valence-electron chi connectivity index (χ4n) is 3.72. The molecule has 3 rings (SSSR count). The van der Waals surface area contributed by atoms with Gasteiger partial charge in [-0.05, 0) is 42.0 Å². The number of methoxy groups -OCH3 is 2. The van der Waals surface area contributed by atoms with Crippen LogP contribution in [0.3, 0.4) is 0 Å². The number of aromatic hydroxyl groups is 2. The lowest BCUT2D eigenvalue weighted by atomic mass is 9.78. The third-order valence-corrected chi connectivity index (χ3v) is 5.52. The van der Waals surface area contributed by atoms with E-state index >= 15 is 0 Å². The van der Waals surface area contributed by atoms with E-state index in [2.05, 4.69) is 41.5 Å². The normalized spacial score (nSPS) is 12.2. The van der Waals surface area contributed by atoms with Crippen LogP contribution in [-0.2, 0) is 10.8 Å². The lowest BCUT2D eigenvalue weighted by Gasteiger charge is -2.27. The first-order valence-corrected chi connectivity index (χ1v) is 10.6. The molecule has 6 nitrogen and oxygen atoms in total. The summed E-state index contributed by atoms with van der Waals surface area (Å²) in [7, 11) is 2.97. The van der Waals surface area contributed by atoms with Crippen LogP contribution in [0.25, 0.3) is 22.7 Å². The van der Waals surface area contributed by atoms with Gasteiger partial charge in [-0.15, -0.1) is 0 Å². The molecule has 0 aliphatic heterocycles. The topological polar surface area (TPSA) is 85.0 Å². The Labute approximate surface area is 189 Å². The van der Waals surface area contributed by atoms with Crippen molar-refractivity contribution in [3.05, 3.63) is 41.2 Å². The minimum Gasteiger partial charge on any atom is -0.507 e. The molecule has 0 amide bonds. The number of hydrogen-bond donors (Lipinski definition) is 2. The van der Waals surface area contributed by atoms with Crippen LogP contribution in [0.5, 0.6) is 23.0 Å². The summed E-state index contributed by atoms with van der Waals surface area (Å²) in [5.41, 5.74) is 3.28. The highest BCUT2D eigenvalue weighted by atomic mass is 16.5. The van der Waals surface area contributed by atoms with E-state index in [0.29, 0.717) is 28.7 Å². The average molecular weight is 440 g/mol. The van der Waals surface area contributed by atoms with E-state index in [1.807, 2.05) is 19.1 Å². The monoisotopic (exact) mass is 439 g/mol. The highest BCUT2D eigenvalue weighted by molar-refractivity contribution is 5.72. The standard InChI is InChI=1S/C26H33NO5/c1-14-21(15-12-19(30-8)23(29)20(13-15)31-9)27-24(32-14)16-10-17(25(2,3)4)22(28)18(11-16)26(5,6)7/h10-13,28-29H,1-9H3. The first-order valence-electron chi connectivity index (χ1n) is 10.6.